The number of para-hydroxylation sites is 1. The maximum absolute atomic E-state index is 6.32. The third-order valence-electron chi connectivity index (χ3n) is 5.54. The molecule has 1 aliphatic heterocycles. The Bertz CT molecular complexity index is 688. The van der Waals surface area contributed by atoms with Crippen molar-refractivity contribution in [2.24, 2.45) is 0 Å². The van der Waals surface area contributed by atoms with Crippen molar-refractivity contribution in [2.75, 3.05) is 0 Å². The molecule has 2 rings (SSSR count). The first-order valence-electron chi connectivity index (χ1n) is 10.6. The molecule has 1 aliphatic rings. The van der Waals surface area contributed by atoms with Crippen molar-refractivity contribution in [3.8, 4) is 5.75 Å². The Hall–Kier alpha value is -1.76. The summed E-state index contributed by atoms with van der Waals surface area (Å²) in [4.78, 5) is 0. The van der Waals surface area contributed by atoms with E-state index in [2.05, 4.69) is 77.1 Å². The second kappa shape index (κ2) is 10.5. The van der Waals surface area contributed by atoms with Crippen molar-refractivity contribution in [1.82, 2.24) is 0 Å². The van der Waals surface area contributed by atoms with Crippen LogP contribution in [0.1, 0.15) is 85.1 Å². The number of rotatable bonds is 9. The van der Waals surface area contributed by atoms with E-state index < -0.39 is 0 Å². The van der Waals surface area contributed by atoms with Crippen LogP contribution in [-0.4, -0.2) is 5.60 Å². The standard InChI is InChI=1S/C26H38O/c1-21(2)11-8-12-22(3)13-9-14-23(4)15-10-19-26(5)20-18-24-16-6-7-17-25(24)27-26/h6-7,11,13,15-17H,8-10,12,14,18-20H2,1-5H3/b22-13+,23-15+. The van der Waals surface area contributed by atoms with Crippen LogP contribution in [-0.2, 0) is 6.42 Å². The van der Waals surface area contributed by atoms with Gasteiger partial charge >= 0.3 is 0 Å². The molecule has 1 aromatic rings. The van der Waals surface area contributed by atoms with Gasteiger partial charge in [0.25, 0.3) is 0 Å². The molecule has 1 atom stereocenters. The van der Waals surface area contributed by atoms with E-state index in [1.54, 1.807) is 0 Å². The summed E-state index contributed by atoms with van der Waals surface area (Å²) in [5.74, 6) is 1.08. The van der Waals surface area contributed by atoms with Crippen LogP contribution in [0.25, 0.3) is 0 Å². The molecule has 0 N–H and O–H groups in total. The van der Waals surface area contributed by atoms with E-state index in [1.165, 1.54) is 41.5 Å². The third kappa shape index (κ3) is 7.79. The van der Waals surface area contributed by atoms with E-state index in [4.69, 9.17) is 4.74 Å². The highest BCUT2D eigenvalue weighted by Crippen LogP contribution is 2.35. The van der Waals surface area contributed by atoms with E-state index in [0.717, 1.165) is 37.9 Å². The van der Waals surface area contributed by atoms with Gasteiger partial charge in [-0.25, -0.2) is 0 Å². The minimum atomic E-state index is -0.0213. The molecule has 1 unspecified atom stereocenters. The Kier molecular flexibility index (Phi) is 8.41. The van der Waals surface area contributed by atoms with Crippen LogP contribution >= 0.6 is 0 Å². The van der Waals surface area contributed by atoms with Crippen molar-refractivity contribution in [2.45, 2.75) is 91.6 Å². The molecule has 0 aromatic heterocycles. The quantitative estimate of drug-likeness (QED) is 0.403. The normalized spacial score (nSPS) is 20.0. The van der Waals surface area contributed by atoms with Crippen LogP contribution in [0.15, 0.2) is 59.2 Å². The molecule has 27 heavy (non-hydrogen) atoms. The largest absolute Gasteiger partial charge is 0.487 e. The number of hydrogen-bond donors (Lipinski definition) is 0. The minimum absolute atomic E-state index is 0.0213. The van der Waals surface area contributed by atoms with Crippen molar-refractivity contribution in [3.63, 3.8) is 0 Å². The lowest BCUT2D eigenvalue weighted by Crippen LogP contribution is -2.36. The molecule has 1 heterocycles. The summed E-state index contributed by atoms with van der Waals surface area (Å²) in [6, 6.07) is 8.48. The molecule has 0 aliphatic carbocycles. The predicted octanol–water partition coefficient (Wildman–Crippen LogP) is 7.97. The first-order valence-corrected chi connectivity index (χ1v) is 10.6. The number of fused-ring (bicyclic) bond motifs is 1. The van der Waals surface area contributed by atoms with Gasteiger partial charge in [-0.2, -0.15) is 0 Å². The first-order chi connectivity index (χ1) is 12.9. The van der Waals surface area contributed by atoms with E-state index in [-0.39, 0.29) is 5.60 Å². The zero-order valence-electron chi connectivity index (χ0n) is 18.1. The SMILES string of the molecule is CC(C)=CCC/C(C)=C/CC/C(C)=C/CCC1(C)CCc2ccccc2O1. The fourth-order valence-corrected chi connectivity index (χ4v) is 3.66. The van der Waals surface area contributed by atoms with E-state index in [0.29, 0.717) is 0 Å². The fraction of sp³-hybridized carbons (Fsp3) is 0.538. The van der Waals surface area contributed by atoms with Crippen molar-refractivity contribution in [1.29, 1.82) is 0 Å². The van der Waals surface area contributed by atoms with Crippen molar-refractivity contribution < 1.29 is 4.74 Å². The van der Waals surface area contributed by atoms with Gasteiger partial charge in [-0.15, -0.1) is 0 Å². The van der Waals surface area contributed by atoms with E-state index in [9.17, 15) is 0 Å². The zero-order valence-corrected chi connectivity index (χ0v) is 18.1. The molecule has 0 radical (unpaired) electrons. The molecule has 148 valence electrons. The molecule has 1 aromatic carbocycles. The number of aryl methyl sites for hydroxylation is 1. The smallest absolute Gasteiger partial charge is 0.123 e. The second-order valence-electron chi connectivity index (χ2n) is 8.66. The number of allylic oxidation sites excluding steroid dienone is 6. The van der Waals surface area contributed by atoms with Crippen LogP contribution in [0.5, 0.6) is 5.75 Å². The molecular weight excluding hydrogens is 328 g/mol. The topological polar surface area (TPSA) is 9.23 Å². The lowest BCUT2D eigenvalue weighted by atomic mass is 9.88. The van der Waals surface area contributed by atoms with E-state index in [1.807, 2.05) is 0 Å². The van der Waals surface area contributed by atoms with Crippen LogP contribution in [0, 0.1) is 0 Å². The Balaban J connectivity index is 1.72. The molecule has 0 saturated carbocycles. The Morgan fingerprint density at radius 1 is 0.926 bits per heavy atom. The molecule has 0 spiro atoms. The highest BCUT2D eigenvalue weighted by molar-refractivity contribution is 5.35. The maximum atomic E-state index is 6.32. The monoisotopic (exact) mass is 366 g/mol. The summed E-state index contributed by atoms with van der Waals surface area (Å²) >= 11 is 0. The van der Waals surface area contributed by atoms with Gasteiger partial charge in [0.05, 0.1) is 0 Å². The molecule has 0 fully saturated rings. The van der Waals surface area contributed by atoms with Crippen LogP contribution < -0.4 is 4.74 Å². The number of ether oxygens (including phenoxy) is 1. The summed E-state index contributed by atoms with van der Waals surface area (Å²) in [5, 5.41) is 0. The Labute approximate surface area is 167 Å². The van der Waals surface area contributed by atoms with Gasteiger partial charge in [-0.05, 0) is 97.6 Å². The zero-order chi connectivity index (χ0) is 19.7. The van der Waals surface area contributed by atoms with Crippen LogP contribution in [0.4, 0.5) is 0 Å². The summed E-state index contributed by atoms with van der Waals surface area (Å²) in [7, 11) is 0. The van der Waals surface area contributed by atoms with Gasteiger partial charge in [-0.3, -0.25) is 0 Å². The van der Waals surface area contributed by atoms with Crippen LogP contribution in [0.2, 0.25) is 0 Å². The molecule has 0 amide bonds. The van der Waals surface area contributed by atoms with Crippen LogP contribution in [0.3, 0.4) is 0 Å². The lowest BCUT2D eigenvalue weighted by Gasteiger charge is -2.35. The van der Waals surface area contributed by atoms with Gasteiger partial charge < -0.3 is 4.74 Å². The minimum Gasteiger partial charge on any atom is -0.487 e. The average molecular weight is 367 g/mol. The molecule has 0 bridgehead atoms. The Morgan fingerprint density at radius 3 is 2.26 bits per heavy atom. The first kappa shape index (κ1) is 21.5. The van der Waals surface area contributed by atoms with Crippen molar-refractivity contribution >= 4 is 0 Å². The van der Waals surface area contributed by atoms with Gasteiger partial charge in [-0.1, -0.05) is 53.1 Å². The molecule has 0 saturated heterocycles. The fourth-order valence-electron chi connectivity index (χ4n) is 3.66. The molecule has 1 heteroatoms. The molecular formula is C26H38O. The van der Waals surface area contributed by atoms with Gasteiger partial charge in [0.2, 0.25) is 0 Å². The predicted molar refractivity (Wildman–Crippen MR) is 118 cm³/mol. The molecule has 1 nitrogen and oxygen atoms in total. The maximum Gasteiger partial charge on any atom is 0.123 e. The highest BCUT2D eigenvalue weighted by Gasteiger charge is 2.30. The van der Waals surface area contributed by atoms with Gasteiger partial charge in [0, 0.05) is 0 Å². The van der Waals surface area contributed by atoms with E-state index >= 15 is 0 Å². The average Bonchev–Trinajstić information content (AvgIpc) is 2.61. The highest BCUT2D eigenvalue weighted by atomic mass is 16.5. The second-order valence-corrected chi connectivity index (χ2v) is 8.66. The summed E-state index contributed by atoms with van der Waals surface area (Å²) in [6.07, 6.45) is 16.3. The number of hydrogen-bond acceptors (Lipinski definition) is 1. The van der Waals surface area contributed by atoms with Gasteiger partial charge in [0.1, 0.15) is 11.4 Å². The Morgan fingerprint density at radius 2 is 1.56 bits per heavy atom. The lowest BCUT2D eigenvalue weighted by molar-refractivity contribution is 0.0572. The summed E-state index contributed by atoms with van der Waals surface area (Å²) in [6.45, 7) is 11.1. The number of benzene rings is 1. The summed E-state index contributed by atoms with van der Waals surface area (Å²) in [5.41, 5.74) is 5.77. The van der Waals surface area contributed by atoms with Crippen molar-refractivity contribution in [3.05, 3.63) is 64.8 Å². The van der Waals surface area contributed by atoms with Gasteiger partial charge in [0.15, 0.2) is 0 Å². The summed E-state index contributed by atoms with van der Waals surface area (Å²) < 4.78 is 6.32. The third-order valence-corrected chi connectivity index (χ3v) is 5.54.